The van der Waals surface area contributed by atoms with Gasteiger partial charge in [-0.3, -0.25) is 4.79 Å². The summed E-state index contributed by atoms with van der Waals surface area (Å²) >= 11 is 0. The van der Waals surface area contributed by atoms with Crippen LogP contribution in [0.5, 0.6) is 0 Å². The number of carboxylic acids is 1. The highest BCUT2D eigenvalue weighted by molar-refractivity contribution is 5.75. The fraction of sp³-hybridized carbons (Fsp3) is 0.385. The van der Waals surface area contributed by atoms with Gasteiger partial charge >= 0.3 is 12.0 Å². The highest BCUT2D eigenvalue weighted by Crippen LogP contribution is 2.21. The molecule has 5 heteroatoms. The van der Waals surface area contributed by atoms with Gasteiger partial charge in [0, 0.05) is 26.1 Å². The van der Waals surface area contributed by atoms with Crippen LogP contribution in [0.2, 0.25) is 0 Å². The number of carbonyl (C=O) groups excluding carboxylic acids is 1. The van der Waals surface area contributed by atoms with Crippen LogP contribution in [0.4, 0.5) is 4.79 Å². The van der Waals surface area contributed by atoms with Gasteiger partial charge in [0.1, 0.15) is 0 Å². The Morgan fingerprint density at radius 1 is 1.22 bits per heavy atom. The van der Waals surface area contributed by atoms with Crippen molar-refractivity contribution in [1.82, 2.24) is 10.2 Å². The fourth-order valence-corrected chi connectivity index (χ4v) is 2.02. The number of amides is 2. The summed E-state index contributed by atoms with van der Waals surface area (Å²) in [6, 6.07) is 7.84. The minimum atomic E-state index is -0.835. The van der Waals surface area contributed by atoms with Crippen molar-refractivity contribution in [3.8, 4) is 0 Å². The van der Waals surface area contributed by atoms with Crippen molar-refractivity contribution in [2.45, 2.75) is 25.9 Å². The van der Waals surface area contributed by atoms with Gasteiger partial charge in [-0.25, -0.2) is 4.79 Å². The molecule has 5 nitrogen and oxygen atoms in total. The summed E-state index contributed by atoms with van der Waals surface area (Å²) in [6.07, 6.45) is 0.544. The lowest BCUT2D eigenvalue weighted by Gasteiger charge is -2.16. The van der Waals surface area contributed by atoms with E-state index in [1.807, 2.05) is 24.3 Å². The average Bonchev–Trinajstić information content (AvgIpc) is 2.78. The zero-order valence-electron chi connectivity index (χ0n) is 10.1. The monoisotopic (exact) mass is 248 g/mol. The number of carboxylic acid groups (broad SMARTS) is 1. The topological polar surface area (TPSA) is 69.6 Å². The summed E-state index contributed by atoms with van der Waals surface area (Å²) in [5.41, 5.74) is 2.36. The molecule has 0 fully saturated rings. The Morgan fingerprint density at radius 3 is 2.39 bits per heavy atom. The Labute approximate surface area is 105 Å². The highest BCUT2D eigenvalue weighted by Gasteiger charge is 2.22. The maximum Gasteiger partial charge on any atom is 0.318 e. The molecule has 0 saturated carbocycles. The molecule has 0 spiro atoms. The van der Waals surface area contributed by atoms with E-state index in [1.165, 1.54) is 11.1 Å². The molecule has 2 amide bonds. The van der Waals surface area contributed by atoms with E-state index in [1.54, 1.807) is 4.90 Å². The second-order valence-electron chi connectivity index (χ2n) is 4.35. The number of aliphatic carboxylic acids is 1. The van der Waals surface area contributed by atoms with Gasteiger partial charge in [-0.05, 0) is 17.5 Å². The molecule has 1 heterocycles. The summed E-state index contributed by atoms with van der Waals surface area (Å²) in [6.45, 7) is 1.65. The van der Waals surface area contributed by atoms with Crippen molar-refractivity contribution >= 4 is 12.0 Å². The van der Waals surface area contributed by atoms with Gasteiger partial charge in [0.05, 0.1) is 0 Å². The van der Waals surface area contributed by atoms with Crippen LogP contribution in [0.1, 0.15) is 24.0 Å². The van der Waals surface area contributed by atoms with Crippen LogP contribution in [0, 0.1) is 0 Å². The lowest BCUT2D eigenvalue weighted by Crippen LogP contribution is -2.37. The minimum absolute atomic E-state index is 0.0838. The van der Waals surface area contributed by atoms with E-state index in [-0.39, 0.29) is 12.5 Å². The molecule has 0 radical (unpaired) electrons. The van der Waals surface area contributed by atoms with Crippen LogP contribution in [0.25, 0.3) is 0 Å². The van der Waals surface area contributed by atoms with Crippen LogP contribution >= 0.6 is 0 Å². The number of benzene rings is 1. The SMILES string of the molecule is O=C(O)CCCNC(=O)N1Cc2ccccc2C1. The van der Waals surface area contributed by atoms with E-state index in [2.05, 4.69) is 5.32 Å². The number of nitrogens with zero attached hydrogens (tertiary/aromatic N) is 1. The third-order valence-corrected chi connectivity index (χ3v) is 2.97. The van der Waals surface area contributed by atoms with Crippen LogP contribution in [-0.4, -0.2) is 28.6 Å². The summed E-state index contributed by atoms with van der Waals surface area (Å²) in [5, 5.41) is 11.2. The molecular formula is C13H16N2O3. The van der Waals surface area contributed by atoms with E-state index in [9.17, 15) is 9.59 Å². The summed E-state index contributed by atoms with van der Waals surface area (Å²) < 4.78 is 0. The number of fused-ring (bicyclic) bond motifs is 1. The Bertz CT molecular complexity index is 434. The smallest absolute Gasteiger partial charge is 0.318 e. The van der Waals surface area contributed by atoms with Crippen molar-refractivity contribution in [3.05, 3.63) is 35.4 Å². The molecule has 0 aromatic heterocycles. The summed E-state index contributed by atoms with van der Waals surface area (Å²) in [4.78, 5) is 23.9. The Balaban J connectivity index is 1.77. The van der Waals surface area contributed by atoms with Gasteiger partial charge in [-0.1, -0.05) is 24.3 Å². The Hall–Kier alpha value is -2.04. The van der Waals surface area contributed by atoms with Crippen LogP contribution in [-0.2, 0) is 17.9 Å². The number of hydrogen-bond acceptors (Lipinski definition) is 2. The quantitative estimate of drug-likeness (QED) is 0.795. The predicted octanol–water partition coefficient (Wildman–Crippen LogP) is 1.58. The largest absolute Gasteiger partial charge is 0.481 e. The van der Waals surface area contributed by atoms with Crippen molar-refractivity contribution in [2.24, 2.45) is 0 Å². The van der Waals surface area contributed by atoms with Crippen LogP contribution in [0.3, 0.4) is 0 Å². The molecule has 1 aliphatic heterocycles. The molecule has 1 aliphatic rings. The maximum absolute atomic E-state index is 11.8. The first kappa shape index (κ1) is 12.4. The average molecular weight is 248 g/mol. The molecule has 1 aromatic carbocycles. The first-order chi connectivity index (χ1) is 8.66. The number of hydrogen-bond donors (Lipinski definition) is 2. The van der Waals surface area contributed by atoms with Crippen LogP contribution in [0.15, 0.2) is 24.3 Å². The minimum Gasteiger partial charge on any atom is -0.481 e. The Morgan fingerprint density at radius 2 is 1.83 bits per heavy atom. The second-order valence-corrected chi connectivity index (χ2v) is 4.35. The van der Waals surface area contributed by atoms with E-state index in [0.29, 0.717) is 26.1 Å². The van der Waals surface area contributed by atoms with Gasteiger partial charge in [0.25, 0.3) is 0 Å². The summed E-state index contributed by atoms with van der Waals surface area (Å²) in [5.74, 6) is -0.835. The summed E-state index contributed by atoms with van der Waals surface area (Å²) in [7, 11) is 0. The van der Waals surface area contributed by atoms with Crippen molar-refractivity contribution in [2.75, 3.05) is 6.54 Å². The predicted molar refractivity (Wildman–Crippen MR) is 66.0 cm³/mol. The van der Waals surface area contributed by atoms with E-state index in [4.69, 9.17) is 5.11 Å². The van der Waals surface area contributed by atoms with Crippen molar-refractivity contribution in [3.63, 3.8) is 0 Å². The maximum atomic E-state index is 11.8. The molecule has 96 valence electrons. The second kappa shape index (κ2) is 5.53. The number of nitrogens with one attached hydrogen (secondary N) is 1. The van der Waals surface area contributed by atoms with Gasteiger partial charge in [0.2, 0.25) is 0 Å². The van der Waals surface area contributed by atoms with Gasteiger partial charge in [-0.2, -0.15) is 0 Å². The first-order valence-electron chi connectivity index (χ1n) is 5.98. The third kappa shape index (κ3) is 3.00. The first-order valence-corrected chi connectivity index (χ1v) is 5.98. The zero-order chi connectivity index (χ0) is 13.0. The fourth-order valence-electron chi connectivity index (χ4n) is 2.02. The number of rotatable bonds is 4. The normalized spacial score (nSPS) is 13.2. The van der Waals surface area contributed by atoms with Crippen LogP contribution < -0.4 is 5.32 Å². The van der Waals surface area contributed by atoms with Gasteiger partial charge < -0.3 is 15.3 Å². The molecule has 0 aliphatic carbocycles. The van der Waals surface area contributed by atoms with E-state index >= 15 is 0 Å². The zero-order valence-corrected chi connectivity index (χ0v) is 10.1. The van der Waals surface area contributed by atoms with E-state index < -0.39 is 5.97 Å². The Kier molecular flexibility index (Phi) is 3.82. The molecule has 0 saturated heterocycles. The number of carbonyl (C=O) groups is 2. The molecular weight excluding hydrogens is 232 g/mol. The van der Waals surface area contributed by atoms with Gasteiger partial charge in [-0.15, -0.1) is 0 Å². The molecule has 18 heavy (non-hydrogen) atoms. The number of urea groups is 1. The molecule has 0 unspecified atom stereocenters. The molecule has 0 bridgehead atoms. The standard InChI is InChI=1S/C13H16N2O3/c16-12(17)6-3-7-14-13(18)15-8-10-4-1-2-5-11(10)9-15/h1-2,4-5H,3,6-9H2,(H,14,18)(H,16,17). The molecule has 2 N–H and O–H groups in total. The highest BCUT2D eigenvalue weighted by atomic mass is 16.4. The van der Waals surface area contributed by atoms with Gasteiger partial charge in [0.15, 0.2) is 0 Å². The molecule has 2 rings (SSSR count). The lowest BCUT2D eigenvalue weighted by molar-refractivity contribution is -0.137. The molecule has 0 atom stereocenters. The van der Waals surface area contributed by atoms with Crippen molar-refractivity contribution in [1.29, 1.82) is 0 Å². The van der Waals surface area contributed by atoms with Crippen molar-refractivity contribution < 1.29 is 14.7 Å². The molecule has 1 aromatic rings. The third-order valence-electron chi connectivity index (χ3n) is 2.97. The van der Waals surface area contributed by atoms with E-state index in [0.717, 1.165) is 0 Å². The lowest BCUT2D eigenvalue weighted by atomic mass is 10.1.